The Morgan fingerprint density at radius 1 is 1.22 bits per heavy atom. The second-order valence-corrected chi connectivity index (χ2v) is 9.49. The third-order valence-corrected chi connectivity index (χ3v) is 7.14. The summed E-state index contributed by atoms with van der Waals surface area (Å²) in [4.78, 5) is 28.0. The van der Waals surface area contributed by atoms with E-state index in [1.807, 2.05) is 50.2 Å². The first-order valence-corrected chi connectivity index (χ1v) is 12.3. The van der Waals surface area contributed by atoms with Crippen LogP contribution in [0, 0.1) is 6.92 Å². The van der Waals surface area contributed by atoms with Crippen molar-refractivity contribution in [2.45, 2.75) is 64.6 Å². The van der Waals surface area contributed by atoms with Gasteiger partial charge in [0.25, 0.3) is 5.91 Å². The zero-order valence-corrected chi connectivity index (χ0v) is 20.9. The average Bonchev–Trinajstić information content (AvgIpc) is 3.28. The number of aryl methyl sites for hydroxylation is 1. The van der Waals surface area contributed by atoms with Crippen LogP contribution in [0.25, 0.3) is 0 Å². The number of nitrogens with one attached hydrogen (secondary N) is 1. The number of benzene rings is 2. The van der Waals surface area contributed by atoms with Crippen LogP contribution < -0.4 is 10.1 Å². The van der Waals surface area contributed by atoms with Gasteiger partial charge in [-0.15, -0.1) is 0 Å². The van der Waals surface area contributed by atoms with Crippen LogP contribution >= 0.6 is 27.5 Å². The lowest BCUT2D eigenvalue weighted by Crippen LogP contribution is -2.52. The Labute approximate surface area is 203 Å². The summed E-state index contributed by atoms with van der Waals surface area (Å²) in [5.41, 5.74) is 1.82. The maximum atomic E-state index is 13.3. The summed E-state index contributed by atoms with van der Waals surface area (Å²) in [6.45, 7) is 3.98. The molecule has 7 heteroatoms. The summed E-state index contributed by atoms with van der Waals surface area (Å²) >= 11 is 9.84. The van der Waals surface area contributed by atoms with Gasteiger partial charge in [-0.1, -0.05) is 65.5 Å². The summed E-state index contributed by atoms with van der Waals surface area (Å²) in [5, 5.41) is 3.71. The molecular weight excluding hydrogens is 492 g/mol. The molecule has 0 saturated heterocycles. The lowest BCUT2D eigenvalue weighted by molar-refractivity contribution is -0.143. The second kappa shape index (κ2) is 11.7. The van der Waals surface area contributed by atoms with Crippen molar-refractivity contribution in [2.24, 2.45) is 0 Å². The highest BCUT2D eigenvalue weighted by molar-refractivity contribution is 9.10. The summed E-state index contributed by atoms with van der Waals surface area (Å²) in [6.07, 6.45) is 4.75. The Bertz CT molecular complexity index is 947. The molecule has 1 fully saturated rings. The van der Waals surface area contributed by atoms with E-state index in [1.165, 1.54) is 0 Å². The maximum absolute atomic E-state index is 13.3. The van der Waals surface area contributed by atoms with Crippen molar-refractivity contribution in [3.8, 4) is 5.75 Å². The molecule has 1 saturated carbocycles. The van der Waals surface area contributed by atoms with Crippen molar-refractivity contribution in [3.63, 3.8) is 0 Å². The zero-order valence-electron chi connectivity index (χ0n) is 18.6. The minimum absolute atomic E-state index is 0.112. The average molecular weight is 522 g/mol. The molecule has 0 heterocycles. The molecular formula is C25H30BrClN2O3. The monoisotopic (exact) mass is 520 g/mol. The van der Waals surface area contributed by atoms with Gasteiger partial charge in [0.2, 0.25) is 5.91 Å². The van der Waals surface area contributed by atoms with Crippen molar-refractivity contribution in [3.05, 3.63) is 63.1 Å². The molecule has 3 rings (SSSR count). The van der Waals surface area contributed by atoms with Crippen LogP contribution in [0.5, 0.6) is 5.75 Å². The molecule has 1 aliphatic rings. The molecule has 172 valence electrons. The van der Waals surface area contributed by atoms with E-state index < -0.39 is 6.04 Å². The van der Waals surface area contributed by atoms with Crippen LogP contribution in [0.1, 0.15) is 50.2 Å². The first-order valence-electron chi connectivity index (χ1n) is 11.1. The summed E-state index contributed by atoms with van der Waals surface area (Å²) in [7, 11) is 0. The molecule has 2 aromatic rings. The van der Waals surface area contributed by atoms with E-state index in [2.05, 4.69) is 21.2 Å². The molecule has 1 aliphatic carbocycles. The number of carbonyl (C=O) groups is 2. The molecule has 0 aliphatic heterocycles. The Morgan fingerprint density at radius 2 is 1.94 bits per heavy atom. The Morgan fingerprint density at radius 3 is 2.59 bits per heavy atom. The van der Waals surface area contributed by atoms with Gasteiger partial charge in [-0.2, -0.15) is 0 Å². The number of rotatable bonds is 9. The highest BCUT2D eigenvalue weighted by atomic mass is 79.9. The SMILES string of the molecule is CCC(C(=O)NC1CCCC1)N(Cc1ccccc1Cl)C(=O)COc1ccc(Br)c(C)c1. The van der Waals surface area contributed by atoms with Gasteiger partial charge in [-0.3, -0.25) is 9.59 Å². The number of halogens is 2. The van der Waals surface area contributed by atoms with Crippen molar-refractivity contribution in [1.29, 1.82) is 0 Å². The molecule has 1 atom stereocenters. The highest BCUT2D eigenvalue weighted by Gasteiger charge is 2.31. The topological polar surface area (TPSA) is 58.6 Å². The van der Waals surface area contributed by atoms with Crippen LogP contribution in [-0.2, 0) is 16.1 Å². The van der Waals surface area contributed by atoms with E-state index in [4.69, 9.17) is 16.3 Å². The fourth-order valence-corrected chi connectivity index (χ4v) is 4.47. The van der Waals surface area contributed by atoms with Crippen molar-refractivity contribution >= 4 is 39.3 Å². The van der Waals surface area contributed by atoms with Crippen LogP contribution in [0.15, 0.2) is 46.9 Å². The highest BCUT2D eigenvalue weighted by Crippen LogP contribution is 2.23. The molecule has 1 unspecified atom stereocenters. The van der Waals surface area contributed by atoms with Gasteiger partial charge in [0, 0.05) is 22.1 Å². The van der Waals surface area contributed by atoms with E-state index in [0.29, 0.717) is 17.2 Å². The molecule has 0 radical (unpaired) electrons. The van der Waals surface area contributed by atoms with Gasteiger partial charge < -0.3 is 15.0 Å². The first kappa shape index (κ1) is 24.6. The number of nitrogens with zero attached hydrogens (tertiary/aromatic N) is 1. The Hall–Kier alpha value is -2.05. The molecule has 0 aromatic heterocycles. The molecule has 0 spiro atoms. The lowest BCUT2D eigenvalue weighted by atomic mass is 10.1. The van der Waals surface area contributed by atoms with Gasteiger partial charge in [0.05, 0.1) is 0 Å². The second-order valence-electron chi connectivity index (χ2n) is 8.23. The van der Waals surface area contributed by atoms with Crippen LogP contribution in [-0.4, -0.2) is 35.4 Å². The molecule has 2 aromatic carbocycles. The predicted octanol–water partition coefficient (Wildman–Crippen LogP) is 5.66. The number of amides is 2. The number of hydrogen-bond donors (Lipinski definition) is 1. The number of carbonyl (C=O) groups excluding carboxylic acids is 2. The van der Waals surface area contributed by atoms with Crippen molar-refractivity contribution in [1.82, 2.24) is 10.2 Å². The quantitative estimate of drug-likeness (QED) is 0.463. The summed E-state index contributed by atoms with van der Waals surface area (Å²) in [5.74, 6) is 0.249. The van der Waals surface area contributed by atoms with Gasteiger partial charge in [0.1, 0.15) is 11.8 Å². The van der Waals surface area contributed by atoms with Gasteiger partial charge >= 0.3 is 0 Å². The molecule has 1 N–H and O–H groups in total. The molecule has 5 nitrogen and oxygen atoms in total. The van der Waals surface area contributed by atoms with Gasteiger partial charge in [0.15, 0.2) is 6.61 Å². The fourth-order valence-electron chi connectivity index (χ4n) is 4.03. The molecule has 0 bridgehead atoms. The normalized spacial score (nSPS) is 14.8. The van der Waals surface area contributed by atoms with E-state index in [-0.39, 0.29) is 31.0 Å². The van der Waals surface area contributed by atoms with E-state index in [1.54, 1.807) is 11.0 Å². The van der Waals surface area contributed by atoms with E-state index >= 15 is 0 Å². The number of ether oxygens (including phenoxy) is 1. The van der Waals surface area contributed by atoms with Crippen molar-refractivity contribution < 1.29 is 14.3 Å². The smallest absolute Gasteiger partial charge is 0.261 e. The first-order chi connectivity index (χ1) is 15.4. The van der Waals surface area contributed by atoms with Crippen LogP contribution in [0.3, 0.4) is 0 Å². The maximum Gasteiger partial charge on any atom is 0.261 e. The Balaban J connectivity index is 1.77. The third-order valence-electron chi connectivity index (χ3n) is 5.88. The third kappa shape index (κ3) is 6.48. The summed E-state index contributed by atoms with van der Waals surface area (Å²) < 4.78 is 6.76. The number of hydrogen-bond acceptors (Lipinski definition) is 3. The minimum atomic E-state index is -0.588. The van der Waals surface area contributed by atoms with Crippen LogP contribution in [0.2, 0.25) is 5.02 Å². The van der Waals surface area contributed by atoms with Crippen LogP contribution in [0.4, 0.5) is 0 Å². The zero-order chi connectivity index (χ0) is 23.1. The minimum Gasteiger partial charge on any atom is -0.484 e. The largest absolute Gasteiger partial charge is 0.484 e. The van der Waals surface area contributed by atoms with E-state index in [0.717, 1.165) is 41.3 Å². The van der Waals surface area contributed by atoms with Crippen molar-refractivity contribution in [2.75, 3.05) is 6.61 Å². The Kier molecular flexibility index (Phi) is 9.00. The standard InChI is InChI=1S/C25H30BrClN2O3/c1-3-23(25(31)28-19-9-5-6-10-19)29(15-18-8-4-7-11-22(18)27)24(30)16-32-20-12-13-21(26)17(2)14-20/h4,7-8,11-14,19,23H,3,5-6,9-10,15-16H2,1-2H3,(H,28,31). The fraction of sp³-hybridized carbons (Fsp3) is 0.440. The molecule has 32 heavy (non-hydrogen) atoms. The predicted molar refractivity (Wildman–Crippen MR) is 131 cm³/mol. The summed E-state index contributed by atoms with van der Waals surface area (Å²) in [6, 6.07) is 12.6. The van der Waals surface area contributed by atoms with Gasteiger partial charge in [-0.05, 0) is 61.6 Å². The molecule has 2 amide bonds. The van der Waals surface area contributed by atoms with Gasteiger partial charge in [-0.25, -0.2) is 0 Å². The van der Waals surface area contributed by atoms with E-state index in [9.17, 15) is 9.59 Å². The lowest BCUT2D eigenvalue weighted by Gasteiger charge is -2.31.